The molecule has 6 aliphatic heterocycles. The Morgan fingerprint density at radius 1 is 0.955 bits per heavy atom. The summed E-state index contributed by atoms with van der Waals surface area (Å²) >= 11 is 12.9. The number of piperidine rings is 1. The molecular formula is C50H52Cl2FN7O6. The number of hydrogen-bond acceptors (Lipinski definition) is 9. The fourth-order valence-corrected chi connectivity index (χ4v) is 12.1. The van der Waals surface area contributed by atoms with Gasteiger partial charge in [0.15, 0.2) is 0 Å². The van der Waals surface area contributed by atoms with Crippen LogP contribution in [0.2, 0.25) is 10.0 Å². The van der Waals surface area contributed by atoms with Crippen molar-refractivity contribution in [1.82, 2.24) is 20.4 Å². The molecule has 6 heterocycles. The molecule has 1 spiro atoms. The fraction of sp³-hybridized carbons (Fsp3) is 0.420. The van der Waals surface area contributed by atoms with E-state index in [1.165, 1.54) is 13.2 Å². The summed E-state index contributed by atoms with van der Waals surface area (Å²) < 4.78 is 22.1. The molecule has 4 aromatic carbocycles. The van der Waals surface area contributed by atoms with Crippen LogP contribution in [0.25, 0.3) is 0 Å². The largest absolute Gasteiger partial charge is 0.495 e. The van der Waals surface area contributed by atoms with Gasteiger partial charge < -0.3 is 35.4 Å². The van der Waals surface area contributed by atoms with Gasteiger partial charge in [-0.1, -0.05) is 62.2 Å². The van der Waals surface area contributed by atoms with Crippen molar-refractivity contribution in [2.45, 2.75) is 76.0 Å². The van der Waals surface area contributed by atoms with Gasteiger partial charge in [0.25, 0.3) is 11.8 Å². The highest BCUT2D eigenvalue weighted by atomic mass is 35.5. The number of ether oxygens (including phenoxy) is 1. The van der Waals surface area contributed by atoms with Crippen LogP contribution in [0.3, 0.4) is 0 Å². The van der Waals surface area contributed by atoms with Gasteiger partial charge in [-0.15, -0.1) is 0 Å². The number of carbonyl (C=O) groups excluding carboxylic acids is 5. The van der Waals surface area contributed by atoms with Crippen LogP contribution in [0.4, 0.5) is 21.5 Å². The zero-order chi connectivity index (χ0) is 46.4. The average Bonchev–Trinajstić information content (AvgIpc) is 4.09. The number of imide groups is 1. The quantitative estimate of drug-likeness (QED) is 0.137. The number of nitrogens with zero attached hydrogens (tertiary/aromatic N) is 3. The topological polar surface area (TPSA) is 152 Å². The monoisotopic (exact) mass is 935 g/mol. The third-order valence-corrected chi connectivity index (χ3v) is 15.2. The van der Waals surface area contributed by atoms with Gasteiger partial charge in [0, 0.05) is 102 Å². The van der Waals surface area contributed by atoms with Crippen molar-refractivity contribution in [3.8, 4) is 5.75 Å². The van der Waals surface area contributed by atoms with E-state index in [-0.39, 0.29) is 58.4 Å². The molecule has 4 N–H and O–H groups in total. The molecule has 66 heavy (non-hydrogen) atoms. The minimum atomic E-state index is -0.893. The van der Waals surface area contributed by atoms with Crippen LogP contribution in [0.5, 0.6) is 5.75 Å². The Bertz CT molecular complexity index is 2700. The lowest BCUT2D eigenvalue weighted by Gasteiger charge is -2.39. The number of nitrogens with one attached hydrogen (secondary N) is 4. The fourth-order valence-electron chi connectivity index (χ4n) is 11.7. The number of hydrogen-bond donors (Lipinski definition) is 4. The van der Waals surface area contributed by atoms with E-state index in [4.69, 9.17) is 27.9 Å². The molecule has 6 aliphatic rings. The van der Waals surface area contributed by atoms with Crippen LogP contribution < -0.4 is 30.9 Å². The van der Waals surface area contributed by atoms with E-state index in [9.17, 15) is 24.0 Å². The second kappa shape index (κ2) is 16.6. The van der Waals surface area contributed by atoms with Crippen molar-refractivity contribution in [2.24, 2.45) is 17.3 Å². The third-order valence-electron chi connectivity index (χ3n) is 14.7. The smallest absolute Gasteiger partial charge is 0.255 e. The Balaban J connectivity index is 0.843. The SMILES string of the molecule is COc1cc(C(=O)N2C[C@@H]3CN(c4ccc5c(c4)CN(C4CCC(=O)NC4=O)C5=O)C[C@@H]3C2)ccc1NC(=O)[C@@H]1N[C@@H](CC(C)(C)C)[C@@]2(CNc3cc(Cl)ccc32)[C@H]1c1cccc(Cl)c1F. The lowest BCUT2D eigenvalue weighted by atomic mass is 9.63. The minimum absolute atomic E-state index is 0.0244. The highest BCUT2D eigenvalue weighted by Crippen LogP contribution is 2.57. The van der Waals surface area contributed by atoms with Gasteiger partial charge in [-0.05, 0) is 89.5 Å². The summed E-state index contributed by atoms with van der Waals surface area (Å²) in [7, 11) is 1.49. The zero-order valence-electron chi connectivity index (χ0n) is 37.2. The van der Waals surface area contributed by atoms with E-state index in [0.29, 0.717) is 72.2 Å². The van der Waals surface area contributed by atoms with Crippen molar-refractivity contribution < 1.29 is 33.1 Å². The van der Waals surface area contributed by atoms with Gasteiger partial charge in [-0.2, -0.15) is 0 Å². The van der Waals surface area contributed by atoms with E-state index in [2.05, 4.69) is 46.9 Å². The number of amides is 5. The molecular weight excluding hydrogens is 884 g/mol. The van der Waals surface area contributed by atoms with E-state index < -0.39 is 35.1 Å². The summed E-state index contributed by atoms with van der Waals surface area (Å²) in [6.07, 6.45) is 1.20. The molecule has 0 radical (unpaired) electrons. The molecule has 0 bridgehead atoms. The van der Waals surface area contributed by atoms with Crippen LogP contribution in [-0.4, -0.2) is 97.3 Å². The molecule has 4 aromatic rings. The van der Waals surface area contributed by atoms with Crippen LogP contribution in [-0.2, 0) is 26.3 Å². The maximum Gasteiger partial charge on any atom is 0.255 e. The third kappa shape index (κ3) is 7.54. The molecule has 0 saturated carbocycles. The Hall–Kier alpha value is -5.70. The number of likely N-dealkylation sites (tertiary alicyclic amines) is 1. The molecule has 13 nitrogen and oxygen atoms in total. The predicted octanol–water partition coefficient (Wildman–Crippen LogP) is 6.97. The number of halogens is 3. The molecule has 16 heteroatoms. The van der Waals surface area contributed by atoms with Crippen molar-refractivity contribution in [2.75, 3.05) is 55.4 Å². The zero-order valence-corrected chi connectivity index (χ0v) is 38.7. The second-order valence-electron chi connectivity index (χ2n) is 19.9. The number of rotatable bonds is 8. The van der Waals surface area contributed by atoms with Gasteiger partial charge in [0.05, 0.1) is 23.9 Å². The standard InChI is InChI=1S/C50H52Cl2FN7O6/c1-49(2,3)19-40-50(25-54-37-18-30(51)9-12-34(37)50)42(33-6-5-7-35(52)43(33)53)44(56-40)46(63)55-36-13-8-26(17-39(36)66-4)47(64)59-22-28-20-58(21-29(28)23-59)31-10-11-32-27(16-31)24-60(48(32)65)38-14-15-41(61)57-45(38)62/h5-13,16-18,28-29,38,40,42,44,54,56H,14-15,19-25H2,1-4H3,(H,55,63)(H,57,61,62)/t28-,29+,38?,40-,42-,44+,50-/m0/s1. The van der Waals surface area contributed by atoms with E-state index in [0.717, 1.165) is 35.6 Å². The molecule has 1 unspecified atom stereocenters. The number of benzene rings is 4. The van der Waals surface area contributed by atoms with Crippen LogP contribution in [0, 0.1) is 23.1 Å². The Morgan fingerprint density at radius 3 is 2.45 bits per heavy atom. The van der Waals surface area contributed by atoms with Gasteiger partial charge in [0.1, 0.15) is 17.6 Å². The van der Waals surface area contributed by atoms with E-state index in [1.807, 2.05) is 41.3 Å². The molecule has 10 rings (SSSR count). The van der Waals surface area contributed by atoms with Gasteiger partial charge >= 0.3 is 0 Å². The van der Waals surface area contributed by atoms with E-state index >= 15 is 4.39 Å². The van der Waals surface area contributed by atoms with Gasteiger partial charge in [-0.3, -0.25) is 29.3 Å². The Labute approximate surface area is 392 Å². The first-order chi connectivity index (χ1) is 31.5. The summed E-state index contributed by atoms with van der Waals surface area (Å²) in [4.78, 5) is 72.1. The van der Waals surface area contributed by atoms with E-state index in [1.54, 1.807) is 35.2 Å². The first-order valence-electron chi connectivity index (χ1n) is 22.6. The first-order valence-corrected chi connectivity index (χ1v) is 23.3. The summed E-state index contributed by atoms with van der Waals surface area (Å²) in [5.74, 6) is -1.92. The van der Waals surface area contributed by atoms with Crippen LogP contribution in [0.15, 0.2) is 72.8 Å². The normalized spacial score (nSPS) is 26.7. The lowest BCUT2D eigenvalue weighted by Crippen LogP contribution is -2.52. The van der Waals surface area contributed by atoms with Crippen LogP contribution >= 0.6 is 23.2 Å². The molecule has 4 saturated heterocycles. The highest BCUT2D eigenvalue weighted by Gasteiger charge is 2.62. The molecule has 4 fully saturated rings. The number of carbonyl (C=O) groups is 5. The van der Waals surface area contributed by atoms with Gasteiger partial charge in [0.2, 0.25) is 17.7 Å². The second-order valence-corrected chi connectivity index (χ2v) is 20.8. The summed E-state index contributed by atoms with van der Waals surface area (Å²) in [5, 5.41) is 13.2. The predicted molar refractivity (Wildman–Crippen MR) is 250 cm³/mol. The molecule has 5 amide bonds. The summed E-state index contributed by atoms with van der Waals surface area (Å²) in [6.45, 7) is 9.83. The van der Waals surface area contributed by atoms with Crippen molar-refractivity contribution >= 4 is 69.8 Å². The summed E-state index contributed by atoms with van der Waals surface area (Å²) in [5.41, 5.74) is 4.46. The summed E-state index contributed by atoms with van der Waals surface area (Å²) in [6, 6.07) is 19.7. The lowest BCUT2D eigenvalue weighted by molar-refractivity contribution is -0.137. The van der Waals surface area contributed by atoms with Gasteiger partial charge in [-0.25, -0.2) is 4.39 Å². The Morgan fingerprint density at radius 2 is 1.73 bits per heavy atom. The molecule has 7 atom stereocenters. The molecule has 0 aliphatic carbocycles. The number of methoxy groups -OCH3 is 1. The Kier molecular flexibility index (Phi) is 11.1. The first kappa shape index (κ1) is 44.2. The van der Waals surface area contributed by atoms with Crippen molar-refractivity contribution in [3.05, 3.63) is 116 Å². The molecule has 0 aromatic heterocycles. The maximum absolute atomic E-state index is 16.3. The average molecular weight is 937 g/mol. The van der Waals surface area contributed by atoms with Crippen molar-refractivity contribution in [3.63, 3.8) is 0 Å². The van der Waals surface area contributed by atoms with Crippen LogP contribution in [0.1, 0.15) is 83.4 Å². The maximum atomic E-state index is 16.3. The molecule has 344 valence electrons. The highest BCUT2D eigenvalue weighted by molar-refractivity contribution is 6.31. The number of anilines is 3. The minimum Gasteiger partial charge on any atom is -0.495 e. The number of fused-ring (bicyclic) bond motifs is 4. The van der Waals surface area contributed by atoms with Crippen molar-refractivity contribution in [1.29, 1.82) is 0 Å².